The van der Waals surface area contributed by atoms with E-state index in [1.54, 1.807) is 6.07 Å². The van der Waals surface area contributed by atoms with Crippen molar-refractivity contribution in [3.63, 3.8) is 0 Å². The van der Waals surface area contributed by atoms with Crippen molar-refractivity contribution >= 4 is 24.0 Å². The van der Waals surface area contributed by atoms with Crippen LogP contribution in [0.4, 0.5) is 4.39 Å². The lowest BCUT2D eigenvalue weighted by Gasteiger charge is -2.14. The van der Waals surface area contributed by atoms with Crippen LogP contribution in [0.25, 0.3) is 0 Å². The summed E-state index contributed by atoms with van der Waals surface area (Å²) in [4.78, 5) is 0. The van der Waals surface area contributed by atoms with E-state index in [0.29, 0.717) is 11.4 Å². The summed E-state index contributed by atoms with van der Waals surface area (Å²) in [7, 11) is 0. The first kappa shape index (κ1) is 13.7. The van der Waals surface area contributed by atoms with Gasteiger partial charge in [-0.25, -0.2) is 0 Å². The Morgan fingerprint density at radius 3 is 2.64 bits per heavy atom. The highest BCUT2D eigenvalue weighted by Gasteiger charge is 2.11. The molecule has 0 amide bonds. The predicted molar refractivity (Wildman–Crippen MR) is 61.0 cm³/mol. The Kier molecular flexibility index (Phi) is 6.09. The molecule has 0 saturated heterocycles. The monoisotopic (exact) mass is 237 g/mol. The first-order valence-corrected chi connectivity index (χ1v) is 4.61. The molecule has 1 aromatic carbocycles. The summed E-state index contributed by atoms with van der Waals surface area (Å²) in [5.74, 6) is 0. The second kappa shape index (κ2) is 6.23. The third-order valence-corrected chi connectivity index (χ3v) is 2.39. The number of aryl methyl sites for hydroxylation is 1. The number of hydrogen-bond acceptors (Lipinski definition) is 1. The minimum Gasteiger partial charge on any atom is -0.324 e. The normalized spacial score (nSPS) is 12.0. The van der Waals surface area contributed by atoms with E-state index < -0.39 is 6.67 Å². The molecule has 80 valence electrons. The second-order valence-electron chi connectivity index (χ2n) is 3.05. The van der Waals surface area contributed by atoms with E-state index in [9.17, 15) is 4.39 Å². The molecule has 4 heteroatoms. The second-order valence-corrected chi connectivity index (χ2v) is 3.46. The van der Waals surface area contributed by atoms with E-state index in [1.165, 1.54) is 0 Å². The van der Waals surface area contributed by atoms with Gasteiger partial charge in [0.2, 0.25) is 0 Å². The Hall–Kier alpha value is -0.310. The topological polar surface area (TPSA) is 26.0 Å². The maximum absolute atomic E-state index is 12.1. The molecule has 0 heterocycles. The molecular formula is C10H14Cl2FN. The third-order valence-electron chi connectivity index (χ3n) is 2.06. The fourth-order valence-electron chi connectivity index (χ4n) is 1.38. The van der Waals surface area contributed by atoms with Gasteiger partial charge in [0.15, 0.2) is 0 Å². The van der Waals surface area contributed by atoms with Crippen LogP contribution in [-0.2, 0) is 0 Å². The van der Waals surface area contributed by atoms with Crippen molar-refractivity contribution in [1.82, 2.24) is 0 Å². The molecule has 1 rings (SSSR count). The highest BCUT2D eigenvalue weighted by molar-refractivity contribution is 6.31. The standard InChI is InChI=1S/C10H13ClFN.ClH/c1-7-3-2-4-8(11)10(7)9(13)5-6-12;/h2-4,9H,5-6,13H2,1H3;1H/t9-;/m1./s1. The summed E-state index contributed by atoms with van der Waals surface area (Å²) in [6, 6.07) is 5.28. The molecule has 0 aromatic heterocycles. The molecule has 0 saturated carbocycles. The molecule has 0 aliphatic carbocycles. The van der Waals surface area contributed by atoms with Crippen molar-refractivity contribution in [2.75, 3.05) is 6.67 Å². The van der Waals surface area contributed by atoms with E-state index in [2.05, 4.69) is 0 Å². The summed E-state index contributed by atoms with van der Waals surface area (Å²) >= 11 is 5.96. The minimum atomic E-state index is -0.411. The Labute approximate surface area is 94.9 Å². The summed E-state index contributed by atoms with van der Waals surface area (Å²) in [5, 5.41) is 0.626. The summed E-state index contributed by atoms with van der Waals surface area (Å²) in [5.41, 5.74) is 7.67. The number of benzene rings is 1. The minimum absolute atomic E-state index is 0. The van der Waals surface area contributed by atoms with Crippen molar-refractivity contribution in [3.05, 3.63) is 34.3 Å². The van der Waals surface area contributed by atoms with Gasteiger partial charge < -0.3 is 5.73 Å². The number of alkyl halides is 1. The smallest absolute Gasteiger partial charge is 0.0912 e. The molecule has 0 radical (unpaired) electrons. The lowest BCUT2D eigenvalue weighted by atomic mass is 10.00. The molecule has 0 spiro atoms. The van der Waals surface area contributed by atoms with E-state index >= 15 is 0 Å². The Bertz CT molecular complexity index is 271. The average molecular weight is 238 g/mol. The quantitative estimate of drug-likeness (QED) is 0.857. The van der Waals surface area contributed by atoms with E-state index in [1.807, 2.05) is 19.1 Å². The van der Waals surface area contributed by atoms with Crippen LogP contribution in [0, 0.1) is 6.92 Å². The Morgan fingerprint density at radius 2 is 2.14 bits per heavy atom. The fraction of sp³-hybridized carbons (Fsp3) is 0.400. The molecule has 0 unspecified atom stereocenters. The molecule has 1 nitrogen and oxygen atoms in total. The highest BCUT2D eigenvalue weighted by atomic mass is 35.5. The largest absolute Gasteiger partial charge is 0.324 e. The van der Waals surface area contributed by atoms with Gasteiger partial charge in [0, 0.05) is 11.1 Å². The van der Waals surface area contributed by atoms with E-state index in [4.69, 9.17) is 17.3 Å². The van der Waals surface area contributed by atoms with Crippen LogP contribution in [0.5, 0.6) is 0 Å². The van der Waals surface area contributed by atoms with Gasteiger partial charge in [-0.15, -0.1) is 12.4 Å². The van der Waals surface area contributed by atoms with Crippen molar-refractivity contribution in [2.45, 2.75) is 19.4 Å². The zero-order chi connectivity index (χ0) is 9.84. The Morgan fingerprint density at radius 1 is 1.50 bits per heavy atom. The van der Waals surface area contributed by atoms with Gasteiger partial charge in [-0.05, 0) is 30.5 Å². The van der Waals surface area contributed by atoms with Crippen LogP contribution >= 0.6 is 24.0 Å². The first-order chi connectivity index (χ1) is 6.16. The van der Waals surface area contributed by atoms with Crippen LogP contribution in [-0.4, -0.2) is 6.67 Å². The van der Waals surface area contributed by atoms with E-state index in [0.717, 1.165) is 11.1 Å². The van der Waals surface area contributed by atoms with Crippen LogP contribution < -0.4 is 5.73 Å². The van der Waals surface area contributed by atoms with Crippen LogP contribution in [0.1, 0.15) is 23.6 Å². The molecular weight excluding hydrogens is 224 g/mol. The van der Waals surface area contributed by atoms with Crippen LogP contribution in [0.2, 0.25) is 5.02 Å². The summed E-state index contributed by atoms with van der Waals surface area (Å²) in [6.07, 6.45) is 0.324. The number of halogens is 3. The maximum Gasteiger partial charge on any atom is 0.0912 e. The number of rotatable bonds is 3. The molecule has 0 bridgehead atoms. The fourth-order valence-corrected chi connectivity index (χ4v) is 1.74. The van der Waals surface area contributed by atoms with Gasteiger partial charge in [0.25, 0.3) is 0 Å². The highest BCUT2D eigenvalue weighted by Crippen LogP contribution is 2.26. The molecule has 0 fully saturated rings. The molecule has 1 atom stereocenters. The van der Waals surface area contributed by atoms with Crippen LogP contribution in [0.15, 0.2) is 18.2 Å². The molecule has 2 N–H and O–H groups in total. The van der Waals surface area contributed by atoms with Gasteiger partial charge in [-0.3, -0.25) is 4.39 Å². The number of nitrogens with two attached hydrogens (primary N) is 1. The summed E-state index contributed by atoms with van der Waals surface area (Å²) in [6.45, 7) is 1.52. The van der Waals surface area contributed by atoms with Crippen molar-refractivity contribution in [3.8, 4) is 0 Å². The Balaban J connectivity index is 0.00000169. The zero-order valence-electron chi connectivity index (χ0n) is 7.97. The lowest BCUT2D eigenvalue weighted by Crippen LogP contribution is -2.12. The van der Waals surface area contributed by atoms with Crippen molar-refractivity contribution in [2.24, 2.45) is 5.73 Å². The lowest BCUT2D eigenvalue weighted by molar-refractivity contribution is 0.441. The van der Waals surface area contributed by atoms with Crippen molar-refractivity contribution in [1.29, 1.82) is 0 Å². The van der Waals surface area contributed by atoms with Gasteiger partial charge in [-0.1, -0.05) is 23.7 Å². The van der Waals surface area contributed by atoms with E-state index in [-0.39, 0.29) is 18.4 Å². The van der Waals surface area contributed by atoms with Crippen molar-refractivity contribution < 1.29 is 4.39 Å². The van der Waals surface area contributed by atoms with Gasteiger partial charge in [0.05, 0.1) is 6.67 Å². The van der Waals surface area contributed by atoms with Gasteiger partial charge in [0.1, 0.15) is 0 Å². The predicted octanol–water partition coefficient (Wildman–Crippen LogP) is 3.43. The third kappa shape index (κ3) is 3.12. The van der Waals surface area contributed by atoms with Gasteiger partial charge >= 0.3 is 0 Å². The SMILES string of the molecule is Cc1cccc(Cl)c1[C@H](N)CCF.Cl. The van der Waals surface area contributed by atoms with Gasteiger partial charge in [-0.2, -0.15) is 0 Å². The number of hydrogen-bond donors (Lipinski definition) is 1. The maximum atomic E-state index is 12.1. The van der Waals surface area contributed by atoms with Crippen LogP contribution in [0.3, 0.4) is 0 Å². The zero-order valence-corrected chi connectivity index (χ0v) is 9.54. The average Bonchev–Trinajstić information content (AvgIpc) is 2.04. The molecule has 0 aliphatic rings. The first-order valence-electron chi connectivity index (χ1n) is 4.23. The summed E-state index contributed by atoms with van der Waals surface area (Å²) < 4.78 is 12.1. The molecule has 0 aliphatic heterocycles. The molecule has 1 aromatic rings. The molecule has 14 heavy (non-hydrogen) atoms.